The molecular weight excluding hydrogens is 464 g/mol. The van der Waals surface area contributed by atoms with Crippen molar-refractivity contribution < 1.29 is 14.7 Å². The molecule has 37 heavy (non-hydrogen) atoms. The van der Waals surface area contributed by atoms with Gasteiger partial charge >= 0.3 is 5.97 Å². The number of hydrogen-bond acceptors (Lipinski definition) is 4. The lowest BCUT2D eigenvalue weighted by molar-refractivity contribution is -0.145. The number of allylic oxidation sites excluding steroid dienone is 6. The predicted molar refractivity (Wildman–Crippen MR) is 142 cm³/mol. The van der Waals surface area contributed by atoms with Gasteiger partial charge in [-0.1, -0.05) is 48.1 Å². The maximum Gasteiger partial charge on any atom is 0.306 e. The Morgan fingerprint density at radius 3 is 2.62 bits per heavy atom. The van der Waals surface area contributed by atoms with Gasteiger partial charge in [-0.2, -0.15) is 5.26 Å². The monoisotopic (exact) mass is 492 g/mol. The minimum Gasteiger partial charge on any atom is -0.481 e. The Morgan fingerprint density at radius 2 is 1.89 bits per heavy atom. The Kier molecular flexibility index (Phi) is 6.49. The molecule has 7 heteroatoms. The fourth-order valence-electron chi connectivity index (χ4n) is 4.98. The average Bonchev–Trinajstić information content (AvgIpc) is 3.22. The van der Waals surface area contributed by atoms with E-state index in [2.05, 4.69) is 49.5 Å². The molecule has 2 aliphatic rings. The first-order valence-corrected chi connectivity index (χ1v) is 12.5. The van der Waals surface area contributed by atoms with Gasteiger partial charge < -0.3 is 10.4 Å². The number of pyridine rings is 1. The largest absolute Gasteiger partial charge is 0.481 e. The van der Waals surface area contributed by atoms with Crippen LogP contribution >= 0.6 is 0 Å². The number of hydrogen-bond donors (Lipinski definition) is 2. The number of nitriles is 1. The highest BCUT2D eigenvalue weighted by Crippen LogP contribution is 2.35. The van der Waals surface area contributed by atoms with Crippen molar-refractivity contribution in [1.29, 1.82) is 5.26 Å². The summed E-state index contributed by atoms with van der Waals surface area (Å²) >= 11 is 0. The van der Waals surface area contributed by atoms with Crippen LogP contribution in [0.1, 0.15) is 61.1 Å². The molecule has 2 aromatic heterocycles. The fourth-order valence-corrected chi connectivity index (χ4v) is 4.98. The minimum atomic E-state index is -0.826. The van der Waals surface area contributed by atoms with Crippen molar-refractivity contribution >= 4 is 23.1 Å². The molecule has 1 aromatic carbocycles. The van der Waals surface area contributed by atoms with Gasteiger partial charge in [0.15, 0.2) is 5.69 Å². The van der Waals surface area contributed by atoms with E-state index >= 15 is 0 Å². The zero-order valence-corrected chi connectivity index (χ0v) is 20.9. The first kappa shape index (κ1) is 24.3. The molecule has 1 saturated carbocycles. The molecule has 0 radical (unpaired) electrons. The number of nitrogens with one attached hydrogen (secondary N) is 1. The zero-order chi connectivity index (χ0) is 26.1. The predicted octanol–water partition coefficient (Wildman–Crippen LogP) is 5.54. The third kappa shape index (κ3) is 4.70. The second-order valence-electron chi connectivity index (χ2n) is 9.81. The van der Waals surface area contributed by atoms with Crippen molar-refractivity contribution in [2.75, 3.05) is 0 Å². The Balaban J connectivity index is 1.52. The van der Waals surface area contributed by atoms with E-state index in [1.807, 2.05) is 18.2 Å². The van der Waals surface area contributed by atoms with Crippen LogP contribution in [0, 0.1) is 17.2 Å². The second-order valence-corrected chi connectivity index (χ2v) is 9.81. The van der Waals surface area contributed by atoms with Crippen LogP contribution in [0.4, 0.5) is 0 Å². The number of imidazole rings is 1. The molecule has 1 amide bonds. The van der Waals surface area contributed by atoms with Gasteiger partial charge in [-0.25, -0.2) is 4.98 Å². The van der Waals surface area contributed by atoms with Gasteiger partial charge in [-0.05, 0) is 68.4 Å². The fraction of sp³-hybridized carbons (Fsp3) is 0.267. The van der Waals surface area contributed by atoms with Crippen molar-refractivity contribution in [3.8, 4) is 17.3 Å². The molecule has 3 aromatic rings. The van der Waals surface area contributed by atoms with Gasteiger partial charge in [-0.15, -0.1) is 0 Å². The van der Waals surface area contributed by atoms with Crippen LogP contribution in [-0.2, 0) is 4.79 Å². The molecule has 0 bridgehead atoms. The third-order valence-electron chi connectivity index (χ3n) is 7.24. The van der Waals surface area contributed by atoms with E-state index in [0.717, 1.165) is 29.5 Å². The van der Waals surface area contributed by atoms with Gasteiger partial charge in [0.25, 0.3) is 5.91 Å². The Bertz CT molecular complexity index is 1540. The van der Waals surface area contributed by atoms with Crippen LogP contribution in [0.5, 0.6) is 0 Å². The molecule has 1 fully saturated rings. The summed E-state index contributed by atoms with van der Waals surface area (Å²) in [6, 6.07) is 13.4. The minimum absolute atomic E-state index is 0.146. The van der Waals surface area contributed by atoms with Gasteiger partial charge in [-0.3, -0.25) is 14.0 Å². The summed E-state index contributed by atoms with van der Waals surface area (Å²) in [4.78, 5) is 28.6. The molecule has 0 atom stereocenters. The summed E-state index contributed by atoms with van der Waals surface area (Å²) in [5.74, 6) is -1.50. The highest BCUT2D eigenvalue weighted by atomic mass is 16.4. The highest BCUT2D eigenvalue weighted by molar-refractivity contribution is 5.96. The number of aromatic nitrogens is 2. The van der Waals surface area contributed by atoms with Crippen LogP contribution in [0.25, 0.3) is 22.5 Å². The van der Waals surface area contributed by atoms with Crippen molar-refractivity contribution in [2.45, 2.75) is 45.6 Å². The molecule has 0 saturated heterocycles. The Hall–Kier alpha value is -4.44. The number of fused-ring (bicyclic) bond motifs is 1. The van der Waals surface area contributed by atoms with Crippen LogP contribution in [0.2, 0.25) is 0 Å². The molecule has 2 heterocycles. The number of carboxylic acid groups (broad SMARTS) is 1. The molecule has 7 nitrogen and oxygen atoms in total. The topological polar surface area (TPSA) is 107 Å². The molecule has 186 valence electrons. The van der Waals surface area contributed by atoms with E-state index in [4.69, 9.17) is 10.1 Å². The summed E-state index contributed by atoms with van der Waals surface area (Å²) in [5.41, 5.74) is 7.33. The number of carboxylic acids is 1. The van der Waals surface area contributed by atoms with Crippen LogP contribution in [0.3, 0.4) is 0 Å². The van der Waals surface area contributed by atoms with E-state index in [1.165, 1.54) is 11.1 Å². The summed E-state index contributed by atoms with van der Waals surface area (Å²) in [7, 11) is 0. The smallest absolute Gasteiger partial charge is 0.306 e. The zero-order valence-electron chi connectivity index (χ0n) is 20.9. The molecule has 0 unspecified atom stereocenters. The molecule has 0 spiro atoms. The average molecular weight is 493 g/mol. The molecule has 2 N–H and O–H groups in total. The van der Waals surface area contributed by atoms with Gasteiger partial charge in [0.1, 0.15) is 17.4 Å². The van der Waals surface area contributed by atoms with Crippen molar-refractivity contribution in [3.05, 3.63) is 88.8 Å². The first-order valence-electron chi connectivity index (χ1n) is 12.5. The standard InChI is InChI=1S/C30H28N4O3/c1-18-6-5-7-19(2)23(11-10-18)24-8-3-4-9-25(24)28-26(17-31)34-13-12-20(16-27(34)33-28)29(35)32-22-14-21(15-22)30(36)37/h3-4,7-13,16,21-22H,5-6,14-15H2,1-2H3,(H,32,35)(H,36,37)/b18-10-,19-7-,23-11+. The van der Waals surface area contributed by atoms with E-state index in [-0.39, 0.29) is 11.9 Å². The number of amides is 1. The van der Waals surface area contributed by atoms with Crippen molar-refractivity contribution in [2.24, 2.45) is 5.92 Å². The van der Waals surface area contributed by atoms with Crippen LogP contribution in [-0.4, -0.2) is 32.4 Å². The third-order valence-corrected chi connectivity index (χ3v) is 7.24. The summed E-state index contributed by atoms with van der Waals surface area (Å²) in [6.07, 6.45) is 11.1. The van der Waals surface area contributed by atoms with Crippen molar-refractivity contribution in [1.82, 2.24) is 14.7 Å². The lowest BCUT2D eigenvalue weighted by Crippen LogP contribution is -2.46. The first-order chi connectivity index (χ1) is 17.9. The van der Waals surface area contributed by atoms with E-state index < -0.39 is 11.9 Å². The molecule has 5 rings (SSSR count). The number of rotatable bonds is 5. The number of carbonyl (C=O) groups is 2. The van der Waals surface area contributed by atoms with E-state index in [0.29, 0.717) is 35.4 Å². The number of nitrogens with zero attached hydrogens (tertiary/aromatic N) is 3. The van der Waals surface area contributed by atoms with E-state index in [9.17, 15) is 14.9 Å². The molecule has 2 aliphatic carbocycles. The SMILES string of the molecule is C/C1=C/C=C(c2ccccc2-c2nc3cc(C(=O)NC4CC(C(=O)O)C4)ccn3c2C#N)\C(C)=C/CC1. The summed E-state index contributed by atoms with van der Waals surface area (Å²) in [5, 5.41) is 22.0. The number of carbonyl (C=O) groups excluding carboxylic acids is 1. The summed E-state index contributed by atoms with van der Waals surface area (Å²) in [6.45, 7) is 4.24. The normalized spacial score (nSPS) is 23.6. The highest BCUT2D eigenvalue weighted by Gasteiger charge is 2.35. The van der Waals surface area contributed by atoms with Crippen molar-refractivity contribution in [3.63, 3.8) is 0 Å². The van der Waals surface area contributed by atoms with Gasteiger partial charge in [0.2, 0.25) is 0 Å². The number of benzene rings is 1. The Labute approximate surface area is 215 Å². The Morgan fingerprint density at radius 1 is 1.14 bits per heavy atom. The maximum absolute atomic E-state index is 12.8. The van der Waals surface area contributed by atoms with Crippen LogP contribution in [0.15, 0.2) is 72.0 Å². The van der Waals surface area contributed by atoms with E-state index in [1.54, 1.807) is 22.7 Å². The lowest BCUT2D eigenvalue weighted by atomic mass is 9.80. The number of aliphatic carboxylic acids is 1. The van der Waals surface area contributed by atoms with Gasteiger partial charge in [0, 0.05) is 23.4 Å². The summed E-state index contributed by atoms with van der Waals surface area (Å²) < 4.78 is 1.70. The quantitative estimate of drug-likeness (QED) is 0.487. The molecular formula is C30H28N4O3. The second kappa shape index (κ2) is 9.90. The maximum atomic E-state index is 12.8. The lowest BCUT2D eigenvalue weighted by Gasteiger charge is -2.32. The van der Waals surface area contributed by atoms with Gasteiger partial charge in [0.05, 0.1) is 5.92 Å². The molecule has 0 aliphatic heterocycles. The van der Waals surface area contributed by atoms with Crippen LogP contribution < -0.4 is 5.32 Å².